The van der Waals surface area contributed by atoms with Crippen molar-refractivity contribution in [2.24, 2.45) is 0 Å². The van der Waals surface area contributed by atoms with Gasteiger partial charge in [0.15, 0.2) is 0 Å². The van der Waals surface area contributed by atoms with Crippen LogP contribution in [0.3, 0.4) is 0 Å². The Hall–Kier alpha value is -0.950. The van der Waals surface area contributed by atoms with E-state index in [4.69, 9.17) is 9.88 Å². The Labute approximate surface area is 165 Å². The van der Waals surface area contributed by atoms with Gasteiger partial charge < -0.3 is 0 Å². The third-order valence-corrected chi connectivity index (χ3v) is 6.02. The minimum Gasteiger partial charge on any atom is -0.265 e. The molecule has 0 bridgehead atoms. The van der Waals surface area contributed by atoms with E-state index in [9.17, 15) is 4.79 Å². The number of hydroxylamine groups is 6. The highest BCUT2D eigenvalue weighted by Crippen LogP contribution is 2.41. The van der Waals surface area contributed by atoms with E-state index in [1.807, 2.05) is 10.1 Å². The Bertz CT molecular complexity index is 497. The second-order valence-corrected chi connectivity index (χ2v) is 10.5. The van der Waals surface area contributed by atoms with Gasteiger partial charge in [0.1, 0.15) is 0 Å². The highest BCUT2D eigenvalue weighted by atomic mass is 17.1. The second kappa shape index (κ2) is 7.47. The molecular formula is C21H39N3O3. The molecule has 0 aromatic heterocycles. The van der Waals surface area contributed by atoms with Gasteiger partial charge in [0, 0.05) is 28.2 Å². The lowest BCUT2D eigenvalue weighted by molar-refractivity contribution is -0.533. The first-order chi connectivity index (χ1) is 12.2. The molecule has 2 aliphatic heterocycles. The van der Waals surface area contributed by atoms with Crippen molar-refractivity contribution in [1.29, 1.82) is 0 Å². The third-order valence-electron chi connectivity index (χ3n) is 6.02. The van der Waals surface area contributed by atoms with Gasteiger partial charge in [-0.1, -0.05) is 6.58 Å². The molecule has 0 saturated carbocycles. The Morgan fingerprint density at radius 3 is 1.33 bits per heavy atom. The minimum atomic E-state index is -0.413. The Morgan fingerprint density at radius 2 is 1.07 bits per heavy atom. The van der Waals surface area contributed by atoms with Crippen molar-refractivity contribution in [3.8, 4) is 0 Å². The highest BCUT2D eigenvalue weighted by Gasteiger charge is 2.48. The van der Waals surface area contributed by atoms with E-state index in [1.165, 1.54) is 6.08 Å². The predicted molar refractivity (Wildman–Crippen MR) is 107 cm³/mol. The number of carbonyl (C=O) groups excluding carboxylic acids is 1. The maximum Gasteiger partial charge on any atom is 0.299 e. The predicted octanol–water partition coefficient (Wildman–Crippen LogP) is 4.78. The number of carbonyl (C=O) groups is 1. The van der Waals surface area contributed by atoms with Crippen molar-refractivity contribution in [2.45, 2.75) is 116 Å². The van der Waals surface area contributed by atoms with Crippen LogP contribution < -0.4 is 0 Å². The maximum absolute atomic E-state index is 12.6. The van der Waals surface area contributed by atoms with Crippen LogP contribution in [0.5, 0.6) is 0 Å². The lowest BCUT2D eigenvalue weighted by Gasteiger charge is -2.54. The van der Waals surface area contributed by atoms with Crippen molar-refractivity contribution >= 4 is 5.91 Å². The summed E-state index contributed by atoms with van der Waals surface area (Å²) in [7, 11) is 0. The average molecular weight is 382 g/mol. The van der Waals surface area contributed by atoms with Crippen molar-refractivity contribution in [3.05, 3.63) is 12.7 Å². The molecule has 6 nitrogen and oxygen atoms in total. The van der Waals surface area contributed by atoms with E-state index < -0.39 is 5.91 Å². The van der Waals surface area contributed by atoms with Gasteiger partial charge in [-0.3, -0.25) is 4.79 Å². The minimum absolute atomic E-state index is 0.211. The first-order valence-electron chi connectivity index (χ1n) is 10.2. The summed E-state index contributed by atoms with van der Waals surface area (Å²) in [6.07, 6.45) is 7.46. The van der Waals surface area contributed by atoms with Crippen LogP contribution in [-0.4, -0.2) is 43.4 Å². The lowest BCUT2D eigenvalue weighted by Crippen LogP contribution is -2.64. The fourth-order valence-corrected chi connectivity index (χ4v) is 4.71. The van der Waals surface area contributed by atoms with Crippen molar-refractivity contribution < 1.29 is 14.7 Å². The van der Waals surface area contributed by atoms with Gasteiger partial charge in [0.05, 0.1) is 0 Å². The number of hydrogen-bond donors (Lipinski definition) is 0. The summed E-state index contributed by atoms with van der Waals surface area (Å²) >= 11 is 0. The Kier molecular flexibility index (Phi) is 6.18. The van der Waals surface area contributed by atoms with E-state index in [2.05, 4.69) is 62.0 Å². The van der Waals surface area contributed by atoms with Crippen molar-refractivity contribution in [2.75, 3.05) is 0 Å². The summed E-state index contributed by atoms with van der Waals surface area (Å²) in [5.41, 5.74) is -0.842. The largest absolute Gasteiger partial charge is 0.299 e. The molecule has 2 heterocycles. The van der Waals surface area contributed by atoms with Gasteiger partial charge in [0.25, 0.3) is 5.91 Å². The molecule has 2 fully saturated rings. The molecule has 2 saturated heterocycles. The van der Waals surface area contributed by atoms with Crippen molar-refractivity contribution in [1.82, 2.24) is 15.4 Å². The van der Waals surface area contributed by atoms with Crippen LogP contribution in [0.4, 0.5) is 0 Å². The topological polar surface area (TPSA) is 45.3 Å². The van der Waals surface area contributed by atoms with E-state index in [1.54, 1.807) is 0 Å². The zero-order valence-electron chi connectivity index (χ0n) is 18.6. The summed E-state index contributed by atoms with van der Waals surface area (Å²) in [5, 5.41) is 4.83. The van der Waals surface area contributed by atoms with E-state index in [-0.39, 0.29) is 22.2 Å². The molecule has 0 spiro atoms. The van der Waals surface area contributed by atoms with Gasteiger partial charge in [-0.2, -0.15) is 0 Å². The average Bonchev–Trinajstić information content (AvgIpc) is 2.50. The Morgan fingerprint density at radius 1 is 0.778 bits per heavy atom. The summed E-state index contributed by atoms with van der Waals surface area (Å²) in [5.74, 6) is -0.413. The molecule has 0 aromatic rings. The summed E-state index contributed by atoms with van der Waals surface area (Å²) in [6, 6.07) is 0. The van der Waals surface area contributed by atoms with E-state index >= 15 is 0 Å². The molecule has 27 heavy (non-hydrogen) atoms. The highest BCUT2D eigenvalue weighted by molar-refractivity contribution is 5.85. The molecule has 0 unspecified atom stereocenters. The quantitative estimate of drug-likeness (QED) is 0.506. The van der Waals surface area contributed by atoms with Gasteiger partial charge in [-0.25, -0.2) is 0 Å². The first-order valence-corrected chi connectivity index (χ1v) is 10.2. The maximum atomic E-state index is 12.6. The van der Waals surface area contributed by atoms with Gasteiger partial charge in [-0.05, 0) is 99.1 Å². The Balaban J connectivity index is 2.30. The van der Waals surface area contributed by atoms with E-state index in [0.717, 1.165) is 43.8 Å². The number of piperidine rings is 2. The molecule has 6 heteroatoms. The molecule has 1 amide bonds. The smallest absolute Gasteiger partial charge is 0.265 e. The van der Waals surface area contributed by atoms with Crippen LogP contribution >= 0.6 is 0 Å². The SMILES string of the molecule is C=CC(=O)N(ON1C(C)(C)CCCC1(C)C)ON1C(C)(C)CCCC1(C)C. The number of nitrogens with zero attached hydrogens (tertiary/aromatic N) is 3. The fourth-order valence-electron chi connectivity index (χ4n) is 4.71. The van der Waals surface area contributed by atoms with Crippen LogP contribution in [-0.2, 0) is 14.7 Å². The molecular weight excluding hydrogens is 342 g/mol. The normalized spacial score (nSPS) is 27.1. The first kappa shape index (κ1) is 22.3. The third kappa shape index (κ3) is 4.73. The summed E-state index contributed by atoms with van der Waals surface area (Å²) < 4.78 is 0. The molecule has 2 rings (SSSR count). The van der Waals surface area contributed by atoms with Crippen LogP contribution in [0.15, 0.2) is 12.7 Å². The van der Waals surface area contributed by atoms with Crippen molar-refractivity contribution in [3.63, 3.8) is 0 Å². The zero-order valence-corrected chi connectivity index (χ0v) is 18.6. The molecule has 156 valence electrons. The molecule has 0 aromatic carbocycles. The molecule has 0 radical (unpaired) electrons. The monoisotopic (exact) mass is 381 g/mol. The second-order valence-electron chi connectivity index (χ2n) is 10.5. The number of rotatable bonds is 5. The van der Waals surface area contributed by atoms with Gasteiger partial charge >= 0.3 is 0 Å². The summed E-state index contributed by atoms with van der Waals surface area (Å²) in [4.78, 5) is 24.9. The standard InChI is InChI=1S/C21H39N3O3/c1-10-17(25)22(26-23-18(2,3)13-11-14-19(23,4)5)27-24-20(6,7)15-12-16-21(24,8)9/h10H,1,11-16H2,2-9H3. The van der Waals surface area contributed by atoms with Crippen LogP contribution in [0.1, 0.15) is 93.9 Å². The number of amides is 1. The lowest BCUT2D eigenvalue weighted by atomic mass is 9.82. The molecule has 0 aliphatic carbocycles. The summed E-state index contributed by atoms with van der Waals surface area (Å²) in [6.45, 7) is 20.7. The van der Waals surface area contributed by atoms with Gasteiger partial charge in [-0.15, -0.1) is 20.0 Å². The molecule has 0 atom stereocenters. The fraction of sp³-hybridized carbons (Fsp3) is 0.857. The zero-order chi connectivity index (χ0) is 20.7. The molecule has 0 N–H and O–H groups in total. The van der Waals surface area contributed by atoms with Crippen LogP contribution in [0.25, 0.3) is 0 Å². The van der Waals surface area contributed by atoms with Crippen LogP contribution in [0.2, 0.25) is 0 Å². The van der Waals surface area contributed by atoms with E-state index in [0.29, 0.717) is 0 Å². The molecule has 2 aliphatic rings. The van der Waals surface area contributed by atoms with Gasteiger partial charge in [0.2, 0.25) is 0 Å². The number of hydrogen-bond acceptors (Lipinski definition) is 5. The van der Waals surface area contributed by atoms with Crippen LogP contribution in [0, 0.1) is 0 Å².